The molecule has 0 N–H and O–H groups in total. The molecule has 158 valence electrons. The van der Waals surface area contributed by atoms with Crippen LogP contribution in [0.25, 0.3) is 0 Å². The fraction of sp³-hybridized carbons (Fsp3) is 0.680. The molecule has 1 aromatic heterocycles. The standard InChI is InChI=1S/C25H42NO2/c1-4-5-6-7-8-9-10-11-12-13-14-15-16-17-20-24-21-18-19-22-26(24)28-25(27)23(2)3/h18-19,21-22H,2,4-17,20H2,1,3H3/q+1. The Balaban J connectivity index is 2.02. The summed E-state index contributed by atoms with van der Waals surface area (Å²) >= 11 is 0. The maximum Gasteiger partial charge on any atom is 0.406 e. The van der Waals surface area contributed by atoms with Crippen molar-refractivity contribution in [1.29, 1.82) is 0 Å². The topological polar surface area (TPSA) is 30.2 Å². The van der Waals surface area contributed by atoms with Crippen molar-refractivity contribution < 1.29 is 14.4 Å². The van der Waals surface area contributed by atoms with Crippen LogP contribution in [0.15, 0.2) is 36.5 Å². The Morgan fingerprint density at radius 2 is 1.36 bits per heavy atom. The average molecular weight is 389 g/mol. The lowest BCUT2D eigenvalue weighted by molar-refractivity contribution is -0.874. The first kappa shape index (κ1) is 24.4. The number of pyridine rings is 1. The molecule has 0 aliphatic heterocycles. The summed E-state index contributed by atoms with van der Waals surface area (Å²) in [5.74, 6) is -0.376. The van der Waals surface area contributed by atoms with Gasteiger partial charge in [-0.3, -0.25) is 0 Å². The summed E-state index contributed by atoms with van der Waals surface area (Å²) in [6.07, 6.45) is 21.8. The molecule has 0 bridgehead atoms. The molecule has 0 aliphatic rings. The Hall–Kier alpha value is -1.64. The van der Waals surface area contributed by atoms with Crippen molar-refractivity contribution in [3.63, 3.8) is 0 Å². The number of nitrogens with zero attached hydrogens (tertiary/aromatic N) is 1. The molecule has 0 atom stereocenters. The Bertz CT molecular complexity index is 553. The van der Waals surface area contributed by atoms with E-state index in [2.05, 4.69) is 13.5 Å². The van der Waals surface area contributed by atoms with Crippen LogP contribution < -0.4 is 9.57 Å². The van der Waals surface area contributed by atoms with Gasteiger partial charge in [-0.2, -0.15) is 4.84 Å². The SMILES string of the molecule is C=C(C)C(=O)O[n+]1ccccc1CCCCCCCCCCCCCCCC. The van der Waals surface area contributed by atoms with Gasteiger partial charge >= 0.3 is 5.97 Å². The van der Waals surface area contributed by atoms with Gasteiger partial charge in [0.2, 0.25) is 11.9 Å². The predicted molar refractivity (Wildman–Crippen MR) is 117 cm³/mol. The second kappa shape index (κ2) is 16.3. The molecule has 0 spiro atoms. The van der Waals surface area contributed by atoms with Crippen molar-refractivity contribution in [2.75, 3.05) is 0 Å². The summed E-state index contributed by atoms with van der Waals surface area (Å²) in [6, 6.07) is 5.89. The van der Waals surface area contributed by atoms with Gasteiger partial charge in [-0.25, -0.2) is 4.79 Å². The van der Waals surface area contributed by atoms with Crippen LogP contribution in [-0.4, -0.2) is 5.97 Å². The molecular weight excluding hydrogens is 346 g/mol. The Kier molecular flexibility index (Phi) is 14.2. The van der Waals surface area contributed by atoms with E-state index in [-0.39, 0.29) is 5.97 Å². The number of unbranched alkanes of at least 4 members (excludes halogenated alkanes) is 13. The molecule has 3 heteroatoms. The number of hydrogen-bond acceptors (Lipinski definition) is 2. The van der Waals surface area contributed by atoms with Crippen LogP contribution in [0.2, 0.25) is 0 Å². The van der Waals surface area contributed by atoms with Gasteiger partial charge in [-0.1, -0.05) is 97.0 Å². The van der Waals surface area contributed by atoms with E-state index in [4.69, 9.17) is 4.84 Å². The minimum Gasteiger partial charge on any atom is -0.239 e. The van der Waals surface area contributed by atoms with Crippen molar-refractivity contribution in [3.05, 3.63) is 42.2 Å². The molecule has 0 fully saturated rings. The second-order valence-electron chi connectivity index (χ2n) is 8.02. The Labute approximate surface area is 173 Å². The Morgan fingerprint density at radius 3 is 1.86 bits per heavy atom. The quantitative estimate of drug-likeness (QED) is 0.172. The van der Waals surface area contributed by atoms with Crippen LogP contribution in [0.5, 0.6) is 0 Å². The molecule has 28 heavy (non-hydrogen) atoms. The molecular formula is C25H42NO2+. The summed E-state index contributed by atoms with van der Waals surface area (Å²) in [7, 11) is 0. The van der Waals surface area contributed by atoms with Crippen molar-refractivity contribution in [1.82, 2.24) is 0 Å². The molecule has 1 heterocycles. The first-order valence-electron chi connectivity index (χ1n) is 11.5. The summed E-state index contributed by atoms with van der Waals surface area (Å²) < 4.78 is 1.58. The Morgan fingerprint density at radius 1 is 0.857 bits per heavy atom. The largest absolute Gasteiger partial charge is 0.406 e. The van der Waals surface area contributed by atoms with Gasteiger partial charge < -0.3 is 0 Å². The monoisotopic (exact) mass is 388 g/mol. The van der Waals surface area contributed by atoms with Crippen LogP contribution in [0, 0.1) is 0 Å². The number of aryl methyl sites for hydroxylation is 1. The highest BCUT2D eigenvalue weighted by molar-refractivity contribution is 5.86. The van der Waals surface area contributed by atoms with Crippen molar-refractivity contribution in [3.8, 4) is 0 Å². The van der Waals surface area contributed by atoms with E-state index in [9.17, 15) is 4.79 Å². The van der Waals surface area contributed by atoms with Crippen LogP contribution in [0.4, 0.5) is 0 Å². The third-order valence-corrected chi connectivity index (χ3v) is 5.22. The minimum absolute atomic E-state index is 0.376. The van der Waals surface area contributed by atoms with E-state index in [1.54, 1.807) is 17.9 Å². The van der Waals surface area contributed by atoms with Crippen LogP contribution >= 0.6 is 0 Å². The van der Waals surface area contributed by atoms with Crippen LogP contribution in [0.1, 0.15) is 109 Å². The smallest absolute Gasteiger partial charge is 0.239 e. The van der Waals surface area contributed by atoms with Gasteiger partial charge in [0, 0.05) is 28.9 Å². The first-order chi connectivity index (χ1) is 13.6. The number of carbonyl (C=O) groups excluding carboxylic acids is 1. The lowest BCUT2D eigenvalue weighted by Crippen LogP contribution is -2.48. The molecule has 1 aromatic rings. The maximum atomic E-state index is 11.7. The normalized spacial score (nSPS) is 10.8. The lowest BCUT2D eigenvalue weighted by Gasteiger charge is -2.04. The van der Waals surface area contributed by atoms with E-state index >= 15 is 0 Å². The zero-order valence-electron chi connectivity index (χ0n) is 18.4. The van der Waals surface area contributed by atoms with Gasteiger partial charge in [0.05, 0.1) is 0 Å². The van der Waals surface area contributed by atoms with Gasteiger partial charge in [0.1, 0.15) is 0 Å². The number of rotatable bonds is 17. The van der Waals surface area contributed by atoms with Gasteiger partial charge in [-0.05, 0) is 19.4 Å². The number of aromatic nitrogens is 1. The molecule has 0 aromatic carbocycles. The highest BCUT2D eigenvalue weighted by Crippen LogP contribution is 2.13. The number of hydrogen-bond donors (Lipinski definition) is 0. The lowest BCUT2D eigenvalue weighted by atomic mass is 10.0. The van der Waals surface area contributed by atoms with Crippen LogP contribution in [-0.2, 0) is 11.2 Å². The highest BCUT2D eigenvalue weighted by Gasteiger charge is 2.16. The fourth-order valence-electron chi connectivity index (χ4n) is 3.41. The summed E-state index contributed by atoms with van der Waals surface area (Å²) in [6.45, 7) is 7.58. The molecule has 0 aliphatic carbocycles. The predicted octanol–water partition coefficient (Wildman–Crippen LogP) is 6.53. The maximum absolute atomic E-state index is 11.7. The number of carbonyl (C=O) groups is 1. The van der Waals surface area contributed by atoms with E-state index in [0.717, 1.165) is 18.5 Å². The molecule has 0 unspecified atom stereocenters. The average Bonchev–Trinajstić information content (AvgIpc) is 2.69. The first-order valence-corrected chi connectivity index (χ1v) is 11.5. The zero-order chi connectivity index (χ0) is 20.5. The molecule has 3 nitrogen and oxygen atoms in total. The molecule has 0 saturated heterocycles. The third kappa shape index (κ3) is 11.9. The summed E-state index contributed by atoms with van der Waals surface area (Å²) in [5, 5.41) is 0. The van der Waals surface area contributed by atoms with Gasteiger partial charge in [0.25, 0.3) is 0 Å². The molecule has 0 radical (unpaired) electrons. The van der Waals surface area contributed by atoms with Crippen molar-refractivity contribution in [2.24, 2.45) is 0 Å². The van der Waals surface area contributed by atoms with E-state index < -0.39 is 0 Å². The van der Waals surface area contributed by atoms with Gasteiger partial charge in [-0.15, -0.1) is 0 Å². The van der Waals surface area contributed by atoms with E-state index in [0.29, 0.717) is 5.57 Å². The fourth-order valence-corrected chi connectivity index (χ4v) is 3.41. The van der Waals surface area contributed by atoms with Crippen LogP contribution in [0.3, 0.4) is 0 Å². The molecule has 0 saturated carbocycles. The second-order valence-corrected chi connectivity index (χ2v) is 8.02. The molecule has 1 rings (SSSR count). The van der Waals surface area contributed by atoms with Gasteiger partial charge in [0.15, 0.2) is 0 Å². The van der Waals surface area contributed by atoms with Crippen molar-refractivity contribution in [2.45, 2.75) is 110 Å². The highest BCUT2D eigenvalue weighted by atomic mass is 16.7. The summed E-state index contributed by atoms with van der Waals surface area (Å²) in [5.41, 5.74) is 1.45. The third-order valence-electron chi connectivity index (χ3n) is 5.22. The van der Waals surface area contributed by atoms with Crippen molar-refractivity contribution >= 4 is 5.97 Å². The van der Waals surface area contributed by atoms with E-state index in [1.807, 2.05) is 18.2 Å². The zero-order valence-corrected chi connectivity index (χ0v) is 18.4. The summed E-state index contributed by atoms with van der Waals surface area (Å²) in [4.78, 5) is 17.1. The minimum atomic E-state index is -0.376. The molecule has 0 amide bonds. The van der Waals surface area contributed by atoms with E-state index in [1.165, 1.54) is 83.5 Å².